The highest BCUT2D eigenvalue weighted by Gasteiger charge is 2.36. The van der Waals surface area contributed by atoms with Gasteiger partial charge in [-0.2, -0.15) is 4.39 Å². The molecular weight excluding hydrogens is 231 g/mol. The van der Waals surface area contributed by atoms with Gasteiger partial charge < -0.3 is 4.74 Å². The number of rotatable bonds is 1. The number of halogens is 1. The van der Waals surface area contributed by atoms with Crippen LogP contribution < -0.4 is 0 Å². The van der Waals surface area contributed by atoms with Crippen molar-refractivity contribution in [1.29, 1.82) is 0 Å². The molecule has 1 atom stereocenters. The molecule has 0 bridgehead atoms. The number of hydrogen-bond donors (Lipinski definition) is 0. The maximum atomic E-state index is 13.8. The first kappa shape index (κ1) is 11.2. The lowest BCUT2D eigenvalue weighted by molar-refractivity contribution is -0.0969. The summed E-state index contributed by atoms with van der Waals surface area (Å²) in [7, 11) is 0. The highest BCUT2D eigenvalue weighted by molar-refractivity contribution is 5.79. The van der Waals surface area contributed by atoms with Crippen LogP contribution in [0, 0.1) is 18.3 Å². The normalized spacial score (nSPS) is 24.0. The minimum absolute atomic E-state index is 0.473. The standard InChI is InChI=1S/C14H13FN2O/c1-2-14(9-5-6-10-18-14)17-12-8-4-3-7-11(12)13(15)16-17/h1,3-4,7-8H,5-6,9-10H2. The number of para-hydroxylation sites is 1. The Balaban J connectivity index is 2.22. The summed E-state index contributed by atoms with van der Waals surface area (Å²) >= 11 is 0. The van der Waals surface area contributed by atoms with Crippen molar-refractivity contribution in [3.8, 4) is 12.3 Å². The minimum Gasteiger partial charge on any atom is -0.343 e. The lowest BCUT2D eigenvalue weighted by Gasteiger charge is -2.33. The Labute approximate surface area is 105 Å². The van der Waals surface area contributed by atoms with E-state index in [-0.39, 0.29) is 0 Å². The fraction of sp³-hybridized carbons (Fsp3) is 0.357. The maximum absolute atomic E-state index is 13.8. The summed E-state index contributed by atoms with van der Waals surface area (Å²) < 4.78 is 21.0. The summed E-state index contributed by atoms with van der Waals surface area (Å²) in [6, 6.07) is 7.12. The molecule has 0 radical (unpaired) electrons. The van der Waals surface area contributed by atoms with Crippen LogP contribution in [0.4, 0.5) is 4.39 Å². The van der Waals surface area contributed by atoms with E-state index in [1.807, 2.05) is 12.1 Å². The van der Waals surface area contributed by atoms with Crippen molar-refractivity contribution in [3.05, 3.63) is 30.2 Å². The van der Waals surface area contributed by atoms with E-state index in [1.165, 1.54) is 4.68 Å². The molecule has 0 aliphatic carbocycles. The fourth-order valence-corrected chi connectivity index (χ4v) is 2.43. The van der Waals surface area contributed by atoms with Crippen LogP contribution in [-0.2, 0) is 10.5 Å². The zero-order valence-electron chi connectivity index (χ0n) is 9.90. The molecule has 1 aromatic heterocycles. The minimum atomic E-state index is -0.942. The molecule has 18 heavy (non-hydrogen) atoms. The quantitative estimate of drug-likeness (QED) is 0.721. The zero-order valence-corrected chi connectivity index (χ0v) is 9.90. The van der Waals surface area contributed by atoms with Crippen molar-refractivity contribution in [2.45, 2.75) is 25.0 Å². The van der Waals surface area contributed by atoms with Crippen LogP contribution in [0.2, 0.25) is 0 Å². The largest absolute Gasteiger partial charge is 0.343 e. The van der Waals surface area contributed by atoms with Crippen molar-refractivity contribution >= 4 is 10.9 Å². The van der Waals surface area contributed by atoms with Gasteiger partial charge in [0.2, 0.25) is 11.7 Å². The fourth-order valence-electron chi connectivity index (χ4n) is 2.43. The molecule has 0 spiro atoms. The topological polar surface area (TPSA) is 27.1 Å². The molecule has 1 aliphatic heterocycles. The third kappa shape index (κ3) is 1.52. The Morgan fingerprint density at radius 2 is 2.22 bits per heavy atom. The monoisotopic (exact) mass is 244 g/mol. The number of hydrogen-bond acceptors (Lipinski definition) is 2. The van der Waals surface area contributed by atoms with E-state index in [4.69, 9.17) is 11.2 Å². The van der Waals surface area contributed by atoms with Gasteiger partial charge in [0, 0.05) is 6.42 Å². The summed E-state index contributed by atoms with van der Waals surface area (Å²) in [5.74, 6) is 2.15. The molecule has 1 aromatic carbocycles. The highest BCUT2D eigenvalue weighted by Crippen LogP contribution is 2.32. The molecule has 3 nitrogen and oxygen atoms in total. The summed E-state index contributed by atoms with van der Waals surface area (Å²) in [5.41, 5.74) is -0.266. The molecule has 1 unspecified atom stereocenters. The molecule has 1 saturated heterocycles. The predicted octanol–water partition coefficient (Wildman–Crippen LogP) is 2.66. The molecule has 2 aromatic rings. The van der Waals surface area contributed by atoms with Crippen LogP contribution >= 0.6 is 0 Å². The third-order valence-electron chi connectivity index (χ3n) is 3.36. The van der Waals surface area contributed by atoms with Gasteiger partial charge in [0.05, 0.1) is 17.5 Å². The van der Waals surface area contributed by atoms with Crippen LogP contribution in [0.25, 0.3) is 10.9 Å². The number of nitrogens with zero attached hydrogens (tertiary/aromatic N) is 2. The Bertz CT molecular complexity index is 620. The average molecular weight is 244 g/mol. The second-order valence-electron chi connectivity index (χ2n) is 4.45. The van der Waals surface area contributed by atoms with E-state index < -0.39 is 11.7 Å². The highest BCUT2D eigenvalue weighted by atomic mass is 19.1. The van der Waals surface area contributed by atoms with Gasteiger partial charge in [0.25, 0.3) is 0 Å². The van der Waals surface area contributed by atoms with Crippen LogP contribution in [0.1, 0.15) is 19.3 Å². The summed E-state index contributed by atoms with van der Waals surface area (Å²) in [6.07, 6.45) is 8.21. The first-order valence-corrected chi connectivity index (χ1v) is 6.02. The molecule has 1 fully saturated rings. The third-order valence-corrected chi connectivity index (χ3v) is 3.36. The van der Waals surface area contributed by atoms with Crippen LogP contribution in [0.5, 0.6) is 0 Å². The molecule has 0 saturated carbocycles. The summed E-state index contributed by atoms with van der Waals surface area (Å²) in [5, 5.41) is 4.41. The number of terminal acetylenes is 1. The Kier molecular flexibility index (Phi) is 2.57. The number of fused-ring (bicyclic) bond motifs is 1. The molecule has 0 N–H and O–H groups in total. The number of benzene rings is 1. The first-order chi connectivity index (χ1) is 8.77. The van der Waals surface area contributed by atoms with E-state index in [9.17, 15) is 4.39 Å². The zero-order chi connectivity index (χ0) is 12.6. The van der Waals surface area contributed by atoms with Crippen molar-refractivity contribution < 1.29 is 9.13 Å². The van der Waals surface area contributed by atoms with Crippen molar-refractivity contribution in [2.24, 2.45) is 0 Å². The Hall–Kier alpha value is -1.86. The number of aromatic nitrogens is 2. The van der Waals surface area contributed by atoms with E-state index in [2.05, 4.69) is 11.0 Å². The number of ether oxygens (including phenoxy) is 1. The first-order valence-electron chi connectivity index (χ1n) is 6.02. The van der Waals surface area contributed by atoms with Gasteiger partial charge in [-0.05, 0) is 30.9 Å². The maximum Gasteiger partial charge on any atom is 0.240 e. The van der Waals surface area contributed by atoms with Crippen molar-refractivity contribution in [1.82, 2.24) is 9.78 Å². The van der Waals surface area contributed by atoms with Crippen molar-refractivity contribution in [3.63, 3.8) is 0 Å². The molecule has 2 heterocycles. The molecule has 92 valence electrons. The Morgan fingerprint density at radius 3 is 2.94 bits per heavy atom. The molecular formula is C14H13FN2O. The lowest BCUT2D eigenvalue weighted by atomic mass is 10.0. The summed E-state index contributed by atoms with van der Waals surface area (Å²) in [6.45, 7) is 0.583. The molecule has 0 amide bonds. The van der Waals surface area contributed by atoms with Crippen molar-refractivity contribution in [2.75, 3.05) is 6.61 Å². The second kappa shape index (κ2) is 4.11. The SMILES string of the molecule is C#CC1(n2nc(F)c3ccccc32)CCCCO1. The smallest absolute Gasteiger partial charge is 0.240 e. The van der Waals surface area contributed by atoms with E-state index in [0.717, 1.165) is 12.8 Å². The van der Waals surface area contributed by atoms with Gasteiger partial charge in [-0.25, -0.2) is 4.68 Å². The second-order valence-corrected chi connectivity index (χ2v) is 4.45. The van der Waals surface area contributed by atoms with Gasteiger partial charge in [0.1, 0.15) is 0 Å². The van der Waals surface area contributed by atoms with E-state index in [0.29, 0.717) is 23.9 Å². The van der Waals surface area contributed by atoms with Gasteiger partial charge in [-0.3, -0.25) is 0 Å². The average Bonchev–Trinajstić information content (AvgIpc) is 2.78. The lowest BCUT2D eigenvalue weighted by Crippen LogP contribution is -2.39. The molecule has 3 rings (SSSR count). The van der Waals surface area contributed by atoms with Gasteiger partial charge in [-0.1, -0.05) is 12.1 Å². The van der Waals surface area contributed by atoms with Crippen LogP contribution in [0.15, 0.2) is 24.3 Å². The van der Waals surface area contributed by atoms with E-state index >= 15 is 0 Å². The predicted molar refractivity (Wildman–Crippen MR) is 66.3 cm³/mol. The van der Waals surface area contributed by atoms with Crippen LogP contribution in [0.3, 0.4) is 0 Å². The Morgan fingerprint density at radius 1 is 1.39 bits per heavy atom. The van der Waals surface area contributed by atoms with Gasteiger partial charge >= 0.3 is 0 Å². The van der Waals surface area contributed by atoms with Crippen LogP contribution in [-0.4, -0.2) is 16.4 Å². The van der Waals surface area contributed by atoms with Gasteiger partial charge in [0.15, 0.2) is 0 Å². The van der Waals surface area contributed by atoms with E-state index in [1.54, 1.807) is 12.1 Å². The summed E-state index contributed by atoms with van der Waals surface area (Å²) in [4.78, 5) is 0. The van der Waals surface area contributed by atoms with Gasteiger partial charge in [-0.15, -0.1) is 11.5 Å². The molecule has 1 aliphatic rings. The molecule has 4 heteroatoms.